The topological polar surface area (TPSA) is 40.2 Å². The summed E-state index contributed by atoms with van der Waals surface area (Å²) in [4.78, 5) is 16.7. The molecule has 142 valence electrons. The first-order valence-corrected chi connectivity index (χ1v) is 10.3. The lowest BCUT2D eigenvalue weighted by Crippen LogP contribution is -3.00. The number of nitrogens with two attached hydrogens (primary N) is 1. The number of hydrogen-bond acceptors (Lipinski definition) is 2. The molecule has 0 spiro atoms. The van der Waals surface area contributed by atoms with E-state index in [0.29, 0.717) is 18.6 Å². The molecular weight excluding hydrogens is 322 g/mol. The van der Waals surface area contributed by atoms with Gasteiger partial charge in [0, 0.05) is 52.6 Å². The molecule has 0 atom stereocenters. The third kappa shape index (κ3) is 3.62. The molecule has 1 aromatic rings. The largest absolute Gasteiger partial charge is 0.378 e. The Morgan fingerprint density at radius 2 is 1.54 bits per heavy atom. The fourth-order valence-corrected chi connectivity index (χ4v) is 6.15. The van der Waals surface area contributed by atoms with Gasteiger partial charge >= 0.3 is 0 Å². The molecule has 4 fully saturated rings. The maximum atomic E-state index is 12.7. The Balaban J connectivity index is 1.30. The smallest absolute Gasteiger partial charge is 0.277 e. The Labute approximate surface area is 157 Å². The van der Waals surface area contributed by atoms with Gasteiger partial charge in [0.25, 0.3) is 5.91 Å². The highest BCUT2D eigenvalue weighted by Crippen LogP contribution is 2.54. The van der Waals surface area contributed by atoms with Crippen molar-refractivity contribution in [2.24, 2.45) is 17.8 Å². The molecule has 4 aliphatic rings. The van der Waals surface area contributed by atoms with E-state index in [1.54, 1.807) is 0 Å². The van der Waals surface area contributed by atoms with Crippen LogP contribution in [0.25, 0.3) is 0 Å². The van der Waals surface area contributed by atoms with E-state index in [9.17, 15) is 4.79 Å². The summed E-state index contributed by atoms with van der Waals surface area (Å²) in [6.07, 6.45) is 8.43. The van der Waals surface area contributed by atoms with Crippen LogP contribution in [0.3, 0.4) is 0 Å². The SMILES string of the molecule is CN(Cc1ccc(N(C)C)cc1)C(=O)C[NH2+]C12CC3CC(CC(C3)C1)C2. The summed E-state index contributed by atoms with van der Waals surface area (Å²) in [6, 6.07) is 8.49. The lowest BCUT2D eigenvalue weighted by molar-refractivity contribution is -0.730. The average molecular weight is 357 g/mol. The minimum absolute atomic E-state index is 0.262. The van der Waals surface area contributed by atoms with Gasteiger partial charge in [0.15, 0.2) is 6.54 Å². The monoisotopic (exact) mass is 356 g/mol. The molecule has 0 aliphatic heterocycles. The third-order valence-corrected chi connectivity index (χ3v) is 7.09. The van der Waals surface area contributed by atoms with Gasteiger partial charge in [-0.3, -0.25) is 4.79 Å². The number of rotatable bonds is 6. The van der Waals surface area contributed by atoms with Gasteiger partial charge in [-0.25, -0.2) is 0 Å². The minimum Gasteiger partial charge on any atom is -0.378 e. The molecule has 0 saturated heterocycles. The normalized spacial score (nSPS) is 31.9. The number of anilines is 1. The Kier molecular flexibility index (Phi) is 4.72. The van der Waals surface area contributed by atoms with Gasteiger partial charge < -0.3 is 15.1 Å². The zero-order valence-electron chi connectivity index (χ0n) is 16.6. The van der Waals surface area contributed by atoms with Crippen LogP contribution in [0, 0.1) is 17.8 Å². The maximum absolute atomic E-state index is 12.7. The quantitative estimate of drug-likeness (QED) is 0.849. The Bertz CT molecular complexity index is 617. The first-order chi connectivity index (χ1) is 12.4. The van der Waals surface area contributed by atoms with Crippen molar-refractivity contribution in [1.29, 1.82) is 0 Å². The lowest BCUT2D eigenvalue weighted by atomic mass is 9.53. The van der Waals surface area contributed by atoms with E-state index >= 15 is 0 Å². The highest BCUT2D eigenvalue weighted by Gasteiger charge is 2.53. The van der Waals surface area contributed by atoms with E-state index in [1.807, 2.05) is 26.0 Å². The second-order valence-corrected chi connectivity index (χ2v) is 9.50. The molecule has 4 aliphatic carbocycles. The lowest BCUT2D eigenvalue weighted by Gasteiger charge is -2.54. The Morgan fingerprint density at radius 1 is 1.00 bits per heavy atom. The van der Waals surface area contributed by atoms with Crippen molar-refractivity contribution in [3.05, 3.63) is 29.8 Å². The fraction of sp³-hybridized carbons (Fsp3) is 0.682. The first kappa shape index (κ1) is 17.8. The van der Waals surface area contributed by atoms with Gasteiger partial charge in [-0.05, 0) is 54.7 Å². The van der Waals surface area contributed by atoms with Crippen molar-refractivity contribution in [3.63, 3.8) is 0 Å². The summed E-state index contributed by atoms with van der Waals surface area (Å²) >= 11 is 0. The predicted octanol–water partition coefficient (Wildman–Crippen LogP) is 2.24. The summed E-state index contributed by atoms with van der Waals surface area (Å²) in [6.45, 7) is 1.31. The summed E-state index contributed by atoms with van der Waals surface area (Å²) in [5, 5.41) is 2.42. The van der Waals surface area contributed by atoms with Gasteiger partial charge in [0.1, 0.15) is 0 Å². The van der Waals surface area contributed by atoms with E-state index in [4.69, 9.17) is 0 Å². The van der Waals surface area contributed by atoms with E-state index in [-0.39, 0.29) is 5.91 Å². The zero-order chi connectivity index (χ0) is 18.3. The number of nitrogens with zero attached hydrogens (tertiary/aromatic N) is 2. The standard InChI is InChI=1S/C22H33N3O/c1-24(2)20-6-4-16(5-7-20)15-25(3)21(26)14-23-22-11-17-8-18(12-22)10-19(9-17)13-22/h4-7,17-19,23H,8-15H2,1-3H3/p+1. The molecule has 4 heteroatoms. The van der Waals surface area contributed by atoms with Crippen molar-refractivity contribution in [2.75, 3.05) is 32.6 Å². The molecule has 0 radical (unpaired) electrons. The van der Waals surface area contributed by atoms with E-state index in [1.165, 1.54) is 49.8 Å². The molecule has 1 aromatic carbocycles. The summed E-state index contributed by atoms with van der Waals surface area (Å²) in [5.74, 6) is 3.10. The highest BCUT2D eigenvalue weighted by atomic mass is 16.2. The summed E-state index contributed by atoms with van der Waals surface area (Å²) < 4.78 is 0. The van der Waals surface area contributed by atoms with Crippen molar-refractivity contribution in [1.82, 2.24) is 4.90 Å². The predicted molar refractivity (Wildman–Crippen MR) is 105 cm³/mol. The van der Waals surface area contributed by atoms with Crippen LogP contribution in [0.5, 0.6) is 0 Å². The second kappa shape index (κ2) is 6.88. The highest BCUT2D eigenvalue weighted by molar-refractivity contribution is 5.76. The van der Waals surface area contributed by atoms with Gasteiger partial charge in [-0.15, -0.1) is 0 Å². The van der Waals surface area contributed by atoms with Crippen LogP contribution in [-0.2, 0) is 11.3 Å². The third-order valence-electron chi connectivity index (χ3n) is 7.09. The molecular formula is C22H34N3O+. The number of quaternary nitrogens is 1. The Morgan fingerprint density at radius 3 is 2.04 bits per heavy atom. The molecule has 26 heavy (non-hydrogen) atoms. The Hall–Kier alpha value is -1.55. The summed E-state index contributed by atoms with van der Waals surface area (Å²) in [5.41, 5.74) is 2.78. The molecule has 4 bridgehead atoms. The number of benzene rings is 1. The number of carbonyl (C=O) groups excluding carboxylic acids is 1. The van der Waals surface area contributed by atoms with Crippen LogP contribution in [0.1, 0.15) is 44.1 Å². The average Bonchev–Trinajstić information content (AvgIpc) is 2.59. The van der Waals surface area contributed by atoms with Crippen LogP contribution in [0.15, 0.2) is 24.3 Å². The molecule has 1 amide bonds. The second-order valence-electron chi connectivity index (χ2n) is 9.50. The van der Waals surface area contributed by atoms with Crippen LogP contribution in [0.2, 0.25) is 0 Å². The van der Waals surface area contributed by atoms with Gasteiger partial charge in [0.05, 0.1) is 5.54 Å². The van der Waals surface area contributed by atoms with Crippen molar-refractivity contribution in [2.45, 2.75) is 50.6 Å². The van der Waals surface area contributed by atoms with Crippen LogP contribution in [-0.4, -0.2) is 44.0 Å². The van der Waals surface area contributed by atoms with Gasteiger partial charge in [-0.1, -0.05) is 12.1 Å². The molecule has 0 unspecified atom stereocenters. The van der Waals surface area contributed by atoms with Crippen LogP contribution >= 0.6 is 0 Å². The van der Waals surface area contributed by atoms with E-state index in [2.05, 4.69) is 34.5 Å². The number of likely N-dealkylation sites (N-methyl/N-ethyl adjacent to an activating group) is 1. The molecule has 2 N–H and O–H groups in total. The van der Waals surface area contributed by atoms with Gasteiger partial charge in [0.2, 0.25) is 0 Å². The van der Waals surface area contributed by atoms with Crippen molar-refractivity contribution in [3.8, 4) is 0 Å². The van der Waals surface area contributed by atoms with Crippen LogP contribution in [0.4, 0.5) is 5.69 Å². The molecule has 5 rings (SSSR count). The summed E-state index contributed by atoms with van der Waals surface area (Å²) in [7, 11) is 6.03. The molecule has 4 nitrogen and oxygen atoms in total. The van der Waals surface area contributed by atoms with E-state index < -0.39 is 0 Å². The fourth-order valence-electron chi connectivity index (χ4n) is 6.15. The molecule has 4 saturated carbocycles. The molecule has 0 aromatic heterocycles. The maximum Gasteiger partial charge on any atom is 0.277 e. The zero-order valence-corrected chi connectivity index (χ0v) is 16.6. The van der Waals surface area contributed by atoms with Gasteiger partial charge in [-0.2, -0.15) is 0 Å². The van der Waals surface area contributed by atoms with E-state index in [0.717, 1.165) is 17.8 Å². The van der Waals surface area contributed by atoms with Crippen molar-refractivity contribution >= 4 is 11.6 Å². The minimum atomic E-state index is 0.262. The van der Waals surface area contributed by atoms with Crippen molar-refractivity contribution < 1.29 is 10.1 Å². The number of amides is 1. The van der Waals surface area contributed by atoms with Crippen LogP contribution < -0.4 is 10.2 Å². The molecule has 0 heterocycles. The number of carbonyl (C=O) groups is 1. The number of hydrogen-bond donors (Lipinski definition) is 1. The first-order valence-electron chi connectivity index (χ1n) is 10.3.